The lowest BCUT2D eigenvalue weighted by molar-refractivity contribution is 0.0302. The molecule has 0 aliphatic carbocycles. The fourth-order valence-corrected chi connectivity index (χ4v) is 4.19. The van der Waals surface area contributed by atoms with Crippen LogP contribution < -0.4 is 15.4 Å². The number of nitrogens with one attached hydrogen (secondary N) is 3. The number of rotatable bonds is 5. The van der Waals surface area contributed by atoms with Gasteiger partial charge in [0.25, 0.3) is 5.91 Å². The maximum absolute atomic E-state index is 13.1. The lowest BCUT2D eigenvalue weighted by Crippen LogP contribution is -2.41. The second-order valence-electron chi connectivity index (χ2n) is 7.72. The third-order valence-electron chi connectivity index (χ3n) is 5.71. The average molecular weight is 422 g/mol. The molecule has 0 unspecified atom stereocenters. The Morgan fingerprint density at radius 2 is 2.06 bits per heavy atom. The van der Waals surface area contributed by atoms with Gasteiger partial charge >= 0.3 is 0 Å². The zero-order valence-corrected chi connectivity index (χ0v) is 17.7. The highest BCUT2D eigenvalue weighted by Gasteiger charge is 2.27. The molecule has 3 aromatic rings. The molecule has 0 spiro atoms. The Kier molecular flexibility index (Phi) is 5.11. The molecule has 5 rings (SSSR count). The Bertz CT molecular complexity index is 1140. The predicted molar refractivity (Wildman–Crippen MR) is 118 cm³/mol. The molecule has 9 heteroatoms. The van der Waals surface area contributed by atoms with Crippen LogP contribution >= 0.6 is 0 Å². The number of morpholine rings is 1. The van der Waals surface area contributed by atoms with Crippen LogP contribution in [-0.2, 0) is 11.2 Å². The molecule has 0 bridgehead atoms. The first-order valence-electron chi connectivity index (χ1n) is 10.7. The van der Waals surface area contributed by atoms with E-state index in [1.165, 1.54) is 0 Å². The van der Waals surface area contributed by atoms with Crippen LogP contribution in [0.3, 0.4) is 0 Å². The van der Waals surface area contributed by atoms with Crippen LogP contribution in [0, 0.1) is 6.92 Å². The van der Waals surface area contributed by atoms with Crippen LogP contribution in [0.5, 0.6) is 5.75 Å². The molecule has 1 fully saturated rings. The number of carbonyl (C=O) groups is 1. The highest BCUT2D eigenvalue weighted by atomic mass is 16.5. The Morgan fingerprint density at radius 1 is 1.23 bits per heavy atom. The molecule has 4 heterocycles. The number of amides is 1. The second-order valence-corrected chi connectivity index (χ2v) is 7.72. The van der Waals surface area contributed by atoms with E-state index in [0.29, 0.717) is 56.6 Å². The quantitative estimate of drug-likeness (QED) is 0.581. The molecule has 1 amide bonds. The van der Waals surface area contributed by atoms with Crippen LogP contribution in [0.25, 0.3) is 11.0 Å². The molecule has 31 heavy (non-hydrogen) atoms. The van der Waals surface area contributed by atoms with E-state index >= 15 is 0 Å². The minimum absolute atomic E-state index is 0.0329. The van der Waals surface area contributed by atoms with Crippen molar-refractivity contribution in [2.75, 3.05) is 50.1 Å². The number of ether oxygens (including phenoxy) is 2. The van der Waals surface area contributed by atoms with Gasteiger partial charge in [-0.2, -0.15) is 9.97 Å². The maximum atomic E-state index is 13.1. The first-order chi connectivity index (χ1) is 15.2. The molecular weight excluding hydrogens is 396 g/mol. The summed E-state index contributed by atoms with van der Waals surface area (Å²) in [6.07, 6.45) is 2.63. The van der Waals surface area contributed by atoms with Gasteiger partial charge in [-0.05, 0) is 31.5 Å². The number of aromatic amines is 1. The number of carbonyl (C=O) groups excluding carboxylic acids is 1. The molecule has 1 aromatic carbocycles. The van der Waals surface area contributed by atoms with Crippen molar-refractivity contribution in [1.82, 2.24) is 19.9 Å². The van der Waals surface area contributed by atoms with E-state index in [1.807, 2.05) is 37.1 Å². The SMILES string of the molecule is CCNc1nc(Nc2ccc(C(=O)N3CCOCC3)c3c2OCC3)nc2[nH]cc(C)c12. The Labute approximate surface area is 180 Å². The number of fused-ring (bicyclic) bond motifs is 2. The Balaban J connectivity index is 1.48. The summed E-state index contributed by atoms with van der Waals surface area (Å²) in [4.78, 5) is 27.4. The minimum Gasteiger partial charge on any atom is -0.491 e. The van der Waals surface area contributed by atoms with Crippen molar-refractivity contribution in [1.29, 1.82) is 0 Å². The molecule has 162 valence electrons. The largest absolute Gasteiger partial charge is 0.491 e. The lowest BCUT2D eigenvalue weighted by Gasteiger charge is -2.27. The molecule has 3 N–H and O–H groups in total. The van der Waals surface area contributed by atoms with Gasteiger partial charge in [-0.15, -0.1) is 0 Å². The summed E-state index contributed by atoms with van der Waals surface area (Å²) in [6, 6.07) is 3.74. The fraction of sp³-hybridized carbons (Fsp3) is 0.409. The Hall–Kier alpha value is -3.33. The van der Waals surface area contributed by atoms with E-state index in [2.05, 4.69) is 25.6 Å². The zero-order chi connectivity index (χ0) is 21.4. The van der Waals surface area contributed by atoms with Gasteiger partial charge in [0, 0.05) is 43.4 Å². The van der Waals surface area contributed by atoms with Crippen molar-refractivity contribution in [3.8, 4) is 5.75 Å². The zero-order valence-electron chi connectivity index (χ0n) is 17.7. The molecule has 2 aromatic heterocycles. The smallest absolute Gasteiger partial charge is 0.254 e. The standard InChI is InChI=1S/C22H26N6O3/c1-3-23-19-17-13(2)12-24-20(17)27-22(26-19)25-16-5-4-15(14-6-9-31-18(14)16)21(29)28-7-10-30-11-8-28/h4-5,12H,3,6-11H2,1-2H3,(H3,23,24,25,26,27). The van der Waals surface area contributed by atoms with Crippen molar-refractivity contribution in [2.24, 2.45) is 0 Å². The molecular formula is C22H26N6O3. The van der Waals surface area contributed by atoms with Crippen LogP contribution in [0.1, 0.15) is 28.4 Å². The number of nitrogens with zero attached hydrogens (tertiary/aromatic N) is 3. The van der Waals surface area contributed by atoms with Gasteiger partial charge in [-0.3, -0.25) is 4.79 Å². The van der Waals surface area contributed by atoms with Crippen molar-refractivity contribution >= 4 is 34.4 Å². The van der Waals surface area contributed by atoms with E-state index in [1.54, 1.807) is 0 Å². The van der Waals surface area contributed by atoms with Crippen molar-refractivity contribution in [2.45, 2.75) is 20.3 Å². The number of anilines is 3. The van der Waals surface area contributed by atoms with E-state index in [4.69, 9.17) is 9.47 Å². The van der Waals surface area contributed by atoms with Gasteiger partial charge in [0.2, 0.25) is 5.95 Å². The number of hydrogen-bond acceptors (Lipinski definition) is 7. The summed E-state index contributed by atoms with van der Waals surface area (Å²) >= 11 is 0. The van der Waals surface area contributed by atoms with Gasteiger partial charge in [0.05, 0.1) is 30.9 Å². The summed E-state index contributed by atoms with van der Waals surface area (Å²) in [5, 5.41) is 7.60. The highest BCUT2D eigenvalue weighted by Crippen LogP contribution is 2.38. The number of H-pyrrole nitrogens is 1. The van der Waals surface area contributed by atoms with Gasteiger partial charge in [-0.25, -0.2) is 0 Å². The summed E-state index contributed by atoms with van der Waals surface area (Å²) < 4.78 is 11.3. The summed E-state index contributed by atoms with van der Waals surface area (Å²) in [6.45, 7) is 7.76. The normalized spacial score (nSPS) is 15.6. The summed E-state index contributed by atoms with van der Waals surface area (Å²) in [7, 11) is 0. The van der Waals surface area contributed by atoms with Crippen LogP contribution in [0.15, 0.2) is 18.3 Å². The van der Waals surface area contributed by atoms with Crippen molar-refractivity contribution in [3.63, 3.8) is 0 Å². The molecule has 0 radical (unpaired) electrons. The number of hydrogen-bond donors (Lipinski definition) is 3. The van der Waals surface area contributed by atoms with E-state index < -0.39 is 0 Å². The molecule has 0 atom stereocenters. The third-order valence-corrected chi connectivity index (χ3v) is 5.71. The third kappa shape index (κ3) is 3.54. The van der Waals surface area contributed by atoms with E-state index in [9.17, 15) is 4.79 Å². The maximum Gasteiger partial charge on any atom is 0.254 e. The second kappa shape index (κ2) is 8.07. The molecule has 2 aliphatic rings. The fourth-order valence-electron chi connectivity index (χ4n) is 4.19. The van der Waals surface area contributed by atoms with Crippen molar-refractivity contribution in [3.05, 3.63) is 35.0 Å². The van der Waals surface area contributed by atoms with Gasteiger partial charge in [-0.1, -0.05) is 0 Å². The highest BCUT2D eigenvalue weighted by molar-refractivity contribution is 5.98. The van der Waals surface area contributed by atoms with E-state index in [0.717, 1.165) is 40.2 Å². The average Bonchev–Trinajstić information content (AvgIpc) is 3.42. The molecule has 0 saturated carbocycles. The molecule has 9 nitrogen and oxygen atoms in total. The summed E-state index contributed by atoms with van der Waals surface area (Å²) in [5.41, 5.74) is 4.25. The molecule has 2 aliphatic heterocycles. The van der Waals surface area contributed by atoms with Crippen LogP contribution in [-0.4, -0.2) is 65.2 Å². The van der Waals surface area contributed by atoms with Crippen molar-refractivity contribution < 1.29 is 14.3 Å². The Morgan fingerprint density at radius 3 is 2.87 bits per heavy atom. The van der Waals surface area contributed by atoms with Gasteiger partial charge < -0.3 is 30.0 Å². The number of benzene rings is 1. The molecule has 1 saturated heterocycles. The minimum atomic E-state index is 0.0329. The topological polar surface area (TPSA) is 104 Å². The lowest BCUT2D eigenvalue weighted by atomic mass is 10.0. The number of aryl methyl sites for hydroxylation is 1. The van der Waals surface area contributed by atoms with Gasteiger partial charge in [0.15, 0.2) is 0 Å². The first kappa shape index (κ1) is 19.6. The van der Waals surface area contributed by atoms with Crippen LogP contribution in [0.4, 0.5) is 17.5 Å². The van der Waals surface area contributed by atoms with Gasteiger partial charge in [0.1, 0.15) is 17.2 Å². The van der Waals surface area contributed by atoms with Crippen LogP contribution in [0.2, 0.25) is 0 Å². The monoisotopic (exact) mass is 422 g/mol. The number of aromatic nitrogens is 3. The predicted octanol–water partition coefficient (Wildman–Crippen LogP) is 2.85. The van der Waals surface area contributed by atoms with E-state index in [-0.39, 0.29) is 5.91 Å². The first-order valence-corrected chi connectivity index (χ1v) is 10.7. The summed E-state index contributed by atoms with van der Waals surface area (Å²) in [5.74, 6) is 1.99.